The average Bonchev–Trinajstić information content (AvgIpc) is 3.22. The third kappa shape index (κ3) is 5.42. The molecule has 2 N–H and O–H groups in total. The Morgan fingerprint density at radius 3 is 2.59 bits per heavy atom. The molecule has 2 heterocycles. The highest BCUT2D eigenvalue weighted by Gasteiger charge is 2.18. The number of nitrogens with one attached hydrogen (secondary N) is 2. The second-order valence-corrected chi connectivity index (χ2v) is 7.92. The molecule has 138 valence electrons. The molecule has 0 radical (unpaired) electrons. The lowest BCUT2D eigenvalue weighted by atomic mass is 10.3. The number of thioether (sulfide) groups is 1. The number of thiophene rings is 1. The summed E-state index contributed by atoms with van der Waals surface area (Å²) in [7, 11) is 0. The van der Waals surface area contributed by atoms with Gasteiger partial charge in [0.2, 0.25) is 5.91 Å². The molecule has 0 spiro atoms. The summed E-state index contributed by atoms with van der Waals surface area (Å²) in [6.07, 6.45) is 3.97. The summed E-state index contributed by atoms with van der Waals surface area (Å²) in [6, 6.07) is 14.7. The Labute approximate surface area is 166 Å². The first-order valence-corrected chi connectivity index (χ1v) is 10.2. The number of benzene rings is 1. The molecule has 0 aliphatic heterocycles. The number of aromatic nitrogens is 1. The molecule has 0 bridgehead atoms. The topological polar surface area (TPSA) is 71.1 Å². The smallest absolute Gasteiger partial charge is 0.265 e. The monoisotopic (exact) mass is 397 g/mol. The van der Waals surface area contributed by atoms with Gasteiger partial charge in [-0.15, -0.1) is 23.1 Å². The number of carbonyl (C=O) groups excluding carboxylic acids is 2. The van der Waals surface area contributed by atoms with Crippen LogP contribution in [0.3, 0.4) is 0 Å². The highest BCUT2D eigenvalue weighted by molar-refractivity contribution is 8.00. The number of amides is 2. The van der Waals surface area contributed by atoms with Gasteiger partial charge in [0.1, 0.15) is 0 Å². The minimum absolute atomic E-state index is 0.0540. The Kier molecular flexibility index (Phi) is 6.62. The SMILES string of the molecule is CCC(Sc1cccc(NC(=O)c2cccs2)c1)C(=O)Nc1ccncc1. The number of carbonyl (C=O) groups is 2. The van der Waals surface area contributed by atoms with Gasteiger partial charge in [-0.1, -0.05) is 19.1 Å². The summed E-state index contributed by atoms with van der Waals surface area (Å²) in [5.41, 5.74) is 1.44. The molecule has 0 saturated carbocycles. The third-order valence-electron chi connectivity index (χ3n) is 3.73. The Morgan fingerprint density at radius 2 is 1.89 bits per heavy atom. The third-order valence-corrected chi connectivity index (χ3v) is 5.95. The lowest BCUT2D eigenvalue weighted by Crippen LogP contribution is -2.24. The van der Waals surface area contributed by atoms with Crippen LogP contribution in [0, 0.1) is 0 Å². The Hall–Kier alpha value is -2.64. The van der Waals surface area contributed by atoms with E-state index < -0.39 is 0 Å². The molecule has 0 aliphatic carbocycles. The van der Waals surface area contributed by atoms with Crippen molar-refractivity contribution < 1.29 is 9.59 Å². The fraction of sp³-hybridized carbons (Fsp3) is 0.150. The van der Waals surface area contributed by atoms with Gasteiger partial charge in [0.15, 0.2) is 0 Å². The number of anilines is 2. The molecule has 1 atom stereocenters. The largest absolute Gasteiger partial charge is 0.325 e. The predicted octanol–water partition coefficient (Wildman–Crippen LogP) is 4.90. The molecule has 2 amide bonds. The van der Waals surface area contributed by atoms with Crippen molar-refractivity contribution in [1.82, 2.24) is 4.98 Å². The van der Waals surface area contributed by atoms with E-state index in [1.807, 2.05) is 42.6 Å². The van der Waals surface area contributed by atoms with Gasteiger partial charge in [0.05, 0.1) is 10.1 Å². The molecule has 0 aliphatic rings. The van der Waals surface area contributed by atoms with Crippen molar-refractivity contribution in [2.75, 3.05) is 10.6 Å². The molecule has 3 rings (SSSR count). The number of nitrogens with zero attached hydrogens (tertiary/aromatic N) is 1. The molecule has 7 heteroatoms. The first-order chi connectivity index (χ1) is 13.2. The summed E-state index contributed by atoms with van der Waals surface area (Å²) in [6.45, 7) is 1.98. The molecule has 3 aromatic rings. The summed E-state index contributed by atoms with van der Waals surface area (Å²) in [5, 5.41) is 7.44. The van der Waals surface area contributed by atoms with Crippen molar-refractivity contribution in [2.24, 2.45) is 0 Å². The van der Waals surface area contributed by atoms with Gasteiger partial charge in [-0.3, -0.25) is 14.6 Å². The van der Waals surface area contributed by atoms with Gasteiger partial charge in [-0.05, 0) is 48.2 Å². The van der Waals surface area contributed by atoms with E-state index in [4.69, 9.17) is 0 Å². The standard InChI is InChI=1S/C20H19N3O2S2/c1-2-17(19(24)22-14-8-10-21-11-9-14)27-16-6-3-5-15(13-16)23-20(25)18-7-4-12-26-18/h3-13,17H,2H2,1H3,(H,23,25)(H,21,22,24). The zero-order chi connectivity index (χ0) is 19.1. The van der Waals surface area contributed by atoms with E-state index in [2.05, 4.69) is 15.6 Å². The highest BCUT2D eigenvalue weighted by Crippen LogP contribution is 2.28. The predicted molar refractivity (Wildman–Crippen MR) is 112 cm³/mol. The van der Waals surface area contributed by atoms with Gasteiger partial charge in [-0.25, -0.2) is 0 Å². The minimum Gasteiger partial charge on any atom is -0.325 e. The maximum absolute atomic E-state index is 12.5. The maximum Gasteiger partial charge on any atom is 0.265 e. The lowest BCUT2D eigenvalue weighted by molar-refractivity contribution is -0.115. The van der Waals surface area contributed by atoms with Crippen LogP contribution in [-0.4, -0.2) is 22.0 Å². The van der Waals surface area contributed by atoms with Crippen LogP contribution in [0.15, 0.2) is 71.2 Å². The summed E-state index contributed by atoms with van der Waals surface area (Å²) in [4.78, 5) is 30.3. The van der Waals surface area contributed by atoms with Crippen LogP contribution in [0.4, 0.5) is 11.4 Å². The van der Waals surface area contributed by atoms with Crippen LogP contribution in [0.2, 0.25) is 0 Å². The summed E-state index contributed by atoms with van der Waals surface area (Å²) >= 11 is 2.88. The van der Waals surface area contributed by atoms with Crippen LogP contribution < -0.4 is 10.6 Å². The first-order valence-electron chi connectivity index (χ1n) is 8.48. The van der Waals surface area contributed by atoms with Crippen LogP contribution in [0.25, 0.3) is 0 Å². The van der Waals surface area contributed by atoms with Gasteiger partial charge >= 0.3 is 0 Å². The van der Waals surface area contributed by atoms with Crippen molar-refractivity contribution >= 4 is 46.3 Å². The van der Waals surface area contributed by atoms with E-state index >= 15 is 0 Å². The summed E-state index contributed by atoms with van der Waals surface area (Å²) < 4.78 is 0. The highest BCUT2D eigenvalue weighted by atomic mass is 32.2. The van der Waals surface area contributed by atoms with Crippen LogP contribution in [0.1, 0.15) is 23.0 Å². The lowest BCUT2D eigenvalue weighted by Gasteiger charge is -2.15. The number of rotatable bonds is 7. The van der Waals surface area contributed by atoms with E-state index in [1.54, 1.807) is 30.6 Å². The molecule has 27 heavy (non-hydrogen) atoms. The van der Waals surface area contributed by atoms with E-state index in [0.717, 1.165) is 10.6 Å². The molecule has 0 saturated heterocycles. The van der Waals surface area contributed by atoms with Crippen LogP contribution in [-0.2, 0) is 4.79 Å². The summed E-state index contributed by atoms with van der Waals surface area (Å²) in [5.74, 6) is -0.184. The Balaban J connectivity index is 1.65. The van der Waals surface area contributed by atoms with Crippen molar-refractivity contribution in [3.05, 3.63) is 71.2 Å². The number of hydrogen-bond acceptors (Lipinski definition) is 5. The second kappa shape index (κ2) is 9.34. The van der Waals surface area contributed by atoms with Gasteiger partial charge in [0, 0.05) is 28.7 Å². The van der Waals surface area contributed by atoms with Gasteiger partial charge < -0.3 is 10.6 Å². The molecule has 0 fully saturated rings. The zero-order valence-corrected chi connectivity index (χ0v) is 16.3. The number of hydrogen-bond donors (Lipinski definition) is 2. The molecular weight excluding hydrogens is 378 g/mol. The first kappa shape index (κ1) is 19.1. The molecule has 2 aromatic heterocycles. The van der Waals surface area contributed by atoms with E-state index in [1.165, 1.54) is 23.1 Å². The maximum atomic E-state index is 12.5. The van der Waals surface area contributed by atoms with Crippen LogP contribution >= 0.6 is 23.1 Å². The zero-order valence-electron chi connectivity index (χ0n) is 14.7. The van der Waals surface area contributed by atoms with Crippen LogP contribution in [0.5, 0.6) is 0 Å². The average molecular weight is 398 g/mol. The minimum atomic E-state index is -0.235. The van der Waals surface area contributed by atoms with Gasteiger partial charge in [0.25, 0.3) is 5.91 Å². The van der Waals surface area contributed by atoms with Crippen molar-refractivity contribution in [2.45, 2.75) is 23.5 Å². The Morgan fingerprint density at radius 1 is 1.07 bits per heavy atom. The van der Waals surface area contributed by atoms with E-state index in [0.29, 0.717) is 17.0 Å². The molecule has 1 unspecified atom stereocenters. The quantitative estimate of drug-likeness (QED) is 0.556. The van der Waals surface area contributed by atoms with Crippen molar-refractivity contribution in [3.8, 4) is 0 Å². The number of pyridine rings is 1. The van der Waals surface area contributed by atoms with E-state index in [-0.39, 0.29) is 17.1 Å². The second-order valence-electron chi connectivity index (χ2n) is 5.70. The molecule has 1 aromatic carbocycles. The molecular formula is C20H19N3O2S2. The molecule has 5 nitrogen and oxygen atoms in total. The normalized spacial score (nSPS) is 11.6. The fourth-order valence-corrected chi connectivity index (χ4v) is 4.02. The van der Waals surface area contributed by atoms with Crippen molar-refractivity contribution in [3.63, 3.8) is 0 Å². The Bertz CT molecular complexity index is 899. The van der Waals surface area contributed by atoms with Gasteiger partial charge in [-0.2, -0.15) is 0 Å². The fourth-order valence-electron chi connectivity index (χ4n) is 2.39. The van der Waals surface area contributed by atoms with Crippen molar-refractivity contribution in [1.29, 1.82) is 0 Å². The van der Waals surface area contributed by atoms with E-state index in [9.17, 15) is 9.59 Å².